The standard InChI is InChI=1S/C13H16ClNO4/c1-3-11(13(17)18-4-2)19-12(16)8-5-9(14)7-10(15)6-8/h5-7,11H,3-4,15H2,1-2H3. The van der Waals surface area contributed by atoms with Crippen molar-refractivity contribution in [1.29, 1.82) is 0 Å². The topological polar surface area (TPSA) is 78.6 Å². The highest BCUT2D eigenvalue weighted by Gasteiger charge is 2.23. The molecule has 1 aromatic carbocycles. The van der Waals surface area contributed by atoms with Crippen molar-refractivity contribution in [3.8, 4) is 0 Å². The Hall–Kier alpha value is -1.75. The lowest BCUT2D eigenvalue weighted by atomic mass is 10.2. The molecule has 0 aliphatic heterocycles. The van der Waals surface area contributed by atoms with Crippen molar-refractivity contribution in [2.45, 2.75) is 26.4 Å². The van der Waals surface area contributed by atoms with Gasteiger partial charge < -0.3 is 15.2 Å². The van der Waals surface area contributed by atoms with E-state index < -0.39 is 18.0 Å². The first-order chi connectivity index (χ1) is 8.97. The summed E-state index contributed by atoms with van der Waals surface area (Å²) in [4.78, 5) is 23.4. The third-order valence-electron chi connectivity index (χ3n) is 2.33. The van der Waals surface area contributed by atoms with Gasteiger partial charge in [0.25, 0.3) is 0 Å². The Balaban J connectivity index is 2.79. The number of hydrogen-bond donors (Lipinski definition) is 1. The predicted molar refractivity (Wildman–Crippen MR) is 72.0 cm³/mol. The van der Waals surface area contributed by atoms with Gasteiger partial charge in [0, 0.05) is 10.7 Å². The number of esters is 2. The van der Waals surface area contributed by atoms with Crippen LogP contribution in [-0.2, 0) is 14.3 Å². The Labute approximate surface area is 116 Å². The van der Waals surface area contributed by atoms with Crippen molar-refractivity contribution in [3.63, 3.8) is 0 Å². The van der Waals surface area contributed by atoms with Crippen molar-refractivity contribution in [2.24, 2.45) is 0 Å². The molecule has 0 amide bonds. The molecule has 2 N–H and O–H groups in total. The molecule has 0 radical (unpaired) electrons. The number of rotatable bonds is 5. The normalized spacial score (nSPS) is 11.7. The average molecular weight is 286 g/mol. The zero-order valence-electron chi connectivity index (χ0n) is 10.8. The van der Waals surface area contributed by atoms with Crippen LogP contribution in [0.2, 0.25) is 5.02 Å². The summed E-state index contributed by atoms with van der Waals surface area (Å²) in [6, 6.07) is 4.38. The number of nitrogens with two attached hydrogens (primary N) is 1. The molecule has 0 saturated heterocycles. The minimum Gasteiger partial charge on any atom is -0.463 e. The average Bonchev–Trinajstić information content (AvgIpc) is 2.34. The fourth-order valence-corrected chi connectivity index (χ4v) is 1.70. The van der Waals surface area contributed by atoms with Gasteiger partial charge in [-0.3, -0.25) is 0 Å². The maximum atomic E-state index is 11.9. The molecule has 0 spiro atoms. The second-order valence-electron chi connectivity index (χ2n) is 3.83. The lowest BCUT2D eigenvalue weighted by Gasteiger charge is -2.14. The number of benzene rings is 1. The molecule has 0 bridgehead atoms. The Morgan fingerprint density at radius 1 is 1.32 bits per heavy atom. The quantitative estimate of drug-likeness (QED) is 0.664. The van der Waals surface area contributed by atoms with Gasteiger partial charge in [-0.2, -0.15) is 0 Å². The zero-order chi connectivity index (χ0) is 14.4. The van der Waals surface area contributed by atoms with Gasteiger partial charge >= 0.3 is 11.9 Å². The number of hydrogen-bond acceptors (Lipinski definition) is 5. The van der Waals surface area contributed by atoms with Gasteiger partial charge in [-0.15, -0.1) is 0 Å². The number of carbonyl (C=O) groups is 2. The van der Waals surface area contributed by atoms with Crippen LogP contribution in [0.25, 0.3) is 0 Å². The van der Waals surface area contributed by atoms with E-state index in [4.69, 9.17) is 26.8 Å². The minimum absolute atomic E-state index is 0.202. The summed E-state index contributed by atoms with van der Waals surface area (Å²) in [5.74, 6) is -1.22. The largest absolute Gasteiger partial charge is 0.463 e. The molecular weight excluding hydrogens is 270 g/mol. The summed E-state index contributed by atoms with van der Waals surface area (Å²) < 4.78 is 9.89. The predicted octanol–water partition coefficient (Wildman–Crippen LogP) is 2.42. The minimum atomic E-state index is -0.923. The van der Waals surface area contributed by atoms with Crippen LogP contribution in [0.4, 0.5) is 5.69 Å². The molecule has 19 heavy (non-hydrogen) atoms. The smallest absolute Gasteiger partial charge is 0.347 e. The maximum absolute atomic E-state index is 11.9. The lowest BCUT2D eigenvalue weighted by Crippen LogP contribution is -2.28. The molecule has 104 valence electrons. The van der Waals surface area contributed by atoms with E-state index in [-0.39, 0.29) is 12.2 Å². The second kappa shape index (κ2) is 6.99. The van der Waals surface area contributed by atoms with Crippen molar-refractivity contribution in [3.05, 3.63) is 28.8 Å². The maximum Gasteiger partial charge on any atom is 0.347 e. The van der Waals surface area contributed by atoms with Crippen molar-refractivity contribution < 1.29 is 19.1 Å². The fraction of sp³-hybridized carbons (Fsp3) is 0.385. The van der Waals surface area contributed by atoms with Crippen LogP contribution in [0.3, 0.4) is 0 Å². The first kappa shape index (κ1) is 15.3. The van der Waals surface area contributed by atoms with E-state index in [1.165, 1.54) is 18.2 Å². The SMILES string of the molecule is CCOC(=O)C(CC)OC(=O)c1cc(N)cc(Cl)c1. The summed E-state index contributed by atoms with van der Waals surface area (Å²) in [5, 5.41) is 0.330. The number of halogens is 1. The first-order valence-electron chi connectivity index (χ1n) is 5.91. The highest BCUT2D eigenvalue weighted by atomic mass is 35.5. The van der Waals surface area contributed by atoms with Crippen LogP contribution in [0.15, 0.2) is 18.2 Å². The van der Waals surface area contributed by atoms with Gasteiger partial charge in [-0.25, -0.2) is 9.59 Å². The van der Waals surface area contributed by atoms with Gasteiger partial charge in [0.15, 0.2) is 6.10 Å². The van der Waals surface area contributed by atoms with Crippen molar-refractivity contribution >= 4 is 29.2 Å². The summed E-state index contributed by atoms with van der Waals surface area (Å²) in [6.45, 7) is 3.64. The van der Waals surface area contributed by atoms with Crippen LogP contribution in [-0.4, -0.2) is 24.6 Å². The van der Waals surface area contributed by atoms with E-state index in [1.54, 1.807) is 13.8 Å². The van der Waals surface area contributed by atoms with E-state index in [2.05, 4.69) is 0 Å². The monoisotopic (exact) mass is 285 g/mol. The molecule has 0 fully saturated rings. The Morgan fingerprint density at radius 2 is 2.00 bits per heavy atom. The third-order valence-corrected chi connectivity index (χ3v) is 2.54. The molecule has 1 aromatic rings. The van der Waals surface area contributed by atoms with Crippen LogP contribution >= 0.6 is 11.6 Å². The highest BCUT2D eigenvalue weighted by molar-refractivity contribution is 6.31. The van der Waals surface area contributed by atoms with Gasteiger partial charge in [0.05, 0.1) is 12.2 Å². The molecule has 0 aliphatic carbocycles. The molecule has 0 aliphatic rings. The molecule has 1 atom stereocenters. The summed E-state index contributed by atoms with van der Waals surface area (Å²) in [7, 11) is 0. The van der Waals surface area contributed by atoms with Gasteiger partial charge in [0.2, 0.25) is 0 Å². The third kappa shape index (κ3) is 4.44. The van der Waals surface area contributed by atoms with E-state index >= 15 is 0 Å². The van der Waals surface area contributed by atoms with Crippen LogP contribution in [0.1, 0.15) is 30.6 Å². The van der Waals surface area contributed by atoms with E-state index in [0.717, 1.165) is 0 Å². The van der Waals surface area contributed by atoms with Gasteiger partial charge in [0.1, 0.15) is 0 Å². The van der Waals surface area contributed by atoms with E-state index in [1.807, 2.05) is 0 Å². The number of ether oxygens (including phenoxy) is 2. The Bertz CT molecular complexity index is 455. The van der Waals surface area contributed by atoms with Gasteiger partial charge in [-0.05, 0) is 31.5 Å². The molecule has 1 unspecified atom stereocenters. The molecule has 1 rings (SSSR count). The molecular formula is C13H16ClNO4. The number of anilines is 1. The molecule has 0 aromatic heterocycles. The number of nitrogen functional groups attached to an aromatic ring is 1. The summed E-state index contributed by atoms with van der Waals surface area (Å²) in [6.07, 6.45) is -0.590. The van der Waals surface area contributed by atoms with Crippen molar-refractivity contribution in [2.75, 3.05) is 12.3 Å². The fourth-order valence-electron chi connectivity index (χ4n) is 1.46. The Morgan fingerprint density at radius 3 is 2.53 bits per heavy atom. The van der Waals surface area contributed by atoms with Crippen LogP contribution < -0.4 is 5.73 Å². The second-order valence-corrected chi connectivity index (χ2v) is 4.26. The molecule has 6 heteroatoms. The summed E-state index contributed by atoms with van der Waals surface area (Å²) in [5.41, 5.74) is 6.14. The molecule has 0 saturated carbocycles. The van der Waals surface area contributed by atoms with Crippen LogP contribution in [0.5, 0.6) is 0 Å². The zero-order valence-corrected chi connectivity index (χ0v) is 11.6. The van der Waals surface area contributed by atoms with Gasteiger partial charge in [-0.1, -0.05) is 18.5 Å². The molecule has 0 heterocycles. The number of carbonyl (C=O) groups excluding carboxylic acids is 2. The highest BCUT2D eigenvalue weighted by Crippen LogP contribution is 2.18. The summed E-state index contributed by atoms with van der Waals surface area (Å²) >= 11 is 5.80. The van der Waals surface area contributed by atoms with Crippen molar-refractivity contribution in [1.82, 2.24) is 0 Å². The van der Waals surface area contributed by atoms with E-state index in [9.17, 15) is 9.59 Å². The molecule has 5 nitrogen and oxygen atoms in total. The van der Waals surface area contributed by atoms with Crippen LogP contribution in [0, 0.1) is 0 Å². The lowest BCUT2D eigenvalue weighted by molar-refractivity contribution is -0.153. The Kier molecular flexibility index (Phi) is 5.63. The first-order valence-corrected chi connectivity index (χ1v) is 6.29. The van der Waals surface area contributed by atoms with E-state index in [0.29, 0.717) is 17.1 Å².